The number of hydrogen-bond donors (Lipinski definition) is 0. The molecule has 1 aromatic rings. The second kappa shape index (κ2) is 3.83. The Morgan fingerprint density at radius 3 is 2.62 bits per heavy atom. The van der Waals surface area contributed by atoms with Crippen molar-refractivity contribution in [2.75, 3.05) is 7.11 Å². The highest BCUT2D eigenvalue weighted by molar-refractivity contribution is 6.31. The number of alkyl halides is 2. The molecule has 0 saturated heterocycles. The van der Waals surface area contributed by atoms with Crippen molar-refractivity contribution in [2.45, 2.75) is 6.43 Å². The van der Waals surface area contributed by atoms with Crippen LogP contribution in [0.5, 0.6) is 5.88 Å². The molecule has 1 aromatic heterocycles. The molecule has 0 N–H and O–H groups in total. The van der Waals surface area contributed by atoms with E-state index in [4.69, 9.17) is 11.6 Å². The lowest BCUT2D eigenvalue weighted by atomic mass is 10.3. The SMILES string of the molecule is COc1ncc(C(F)F)c(Cl)c1F. The lowest BCUT2D eigenvalue weighted by Gasteiger charge is -2.05. The van der Waals surface area contributed by atoms with Crippen molar-refractivity contribution < 1.29 is 17.9 Å². The third-order valence-corrected chi connectivity index (χ3v) is 1.77. The lowest BCUT2D eigenvalue weighted by Crippen LogP contribution is -1.97. The monoisotopic (exact) mass is 211 g/mol. The zero-order chi connectivity index (χ0) is 10.0. The van der Waals surface area contributed by atoms with Crippen molar-refractivity contribution in [3.8, 4) is 5.88 Å². The number of hydrogen-bond acceptors (Lipinski definition) is 2. The molecule has 72 valence electrons. The van der Waals surface area contributed by atoms with Crippen molar-refractivity contribution in [3.05, 3.63) is 22.6 Å². The molecule has 0 unspecified atom stereocenters. The Kier molecular flexibility index (Phi) is 2.98. The Balaban J connectivity index is 3.23. The minimum atomic E-state index is -2.85. The van der Waals surface area contributed by atoms with Crippen LogP contribution in [0, 0.1) is 5.82 Å². The van der Waals surface area contributed by atoms with Crippen molar-refractivity contribution in [1.82, 2.24) is 4.98 Å². The largest absolute Gasteiger partial charge is 0.479 e. The first kappa shape index (κ1) is 10.1. The van der Waals surface area contributed by atoms with E-state index in [0.717, 1.165) is 6.20 Å². The van der Waals surface area contributed by atoms with Gasteiger partial charge in [-0.05, 0) is 0 Å². The molecule has 0 fully saturated rings. The number of ether oxygens (including phenoxy) is 1. The summed E-state index contributed by atoms with van der Waals surface area (Å²) in [5.74, 6) is -1.46. The van der Waals surface area contributed by atoms with Gasteiger partial charge in [-0.25, -0.2) is 13.8 Å². The number of pyridine rings is 1. The predicted octanol–water partition coefficient (Wildman–Crippen LogP) is 2.82. The molecule has 6 heteroatoms. The number of halogens is 4. The minimum absolute atomic E-state index is 0.394. The Morgan fingerprint density at radius 2 is 2.15 bits per heavy atom. The molecule has 0 atom stereocenters. The Labute approximate surface area is 77.3 Å². The van der Waals surface area contributed by atoms with E-state index in [1.54, 1.807) is 0 Å². The summed E-state index contributed by atoms with van der Waals surface area (Å²) in [6.07, 6.45) is -2.06. The normalized spacial score (nSPS) is 10.6. The quantitative estimate of drug-likeness (QED) is 0.751. The van der Waals surface area contributed by atoms with E-state index in [-0.39, 0.29) is 0 Å². The number of methoxy groups -OCH3 is 1. The second-order valence-corrected chi connectivity index (χ2v) is 2.53. The molecule has 0 aliphatic rings. The molecule has 0 radical (unpaired) electrons. The summed E-state index contributed by atoms with van der Waals surface area (Å²) in [5.41, 5.74) is -0.639. The number of rotatable bonds is 2. The third kappa shape index (κ3) is 1.85. The minimum Gasteiger partial charge on any atom is -0.479 e. The van der Waals surface area contributed by atoms with Gasteiger partial charge >= 0.3 is 0 Å². The molecular weight excluding hydrogens is 207 g/mol. The fourth-order valence-electron chi connectivity index (χ4n) is 0.757. The van der Waals surface area contributed by atoms with Crippen LogP contribution >= 0.6 is 11.6 Å². The van der Waals surface area contributed by atoms with Crippen LogP contribution < -0.4 is 4.74 Å². The van der Waals surface area contributed by atoms with E-state index in [0.29, 0.717) is 0 Å². The Hall–Kier alpha value is -0.970. The molecule has 0 aliphatic heterocycles. The number of aromatic nitrogens is 1. The molecule has 0 spiro atoms. The van der Waals surface area contributed by atoms with Crippen LogP contribution in [-0.4, -0.2) is 12.1 Å². The Bertz CT molecular complexity index is 319. The summed E-state index contributed by atoms with van der Waals surface area (Å²) in [6, 6.07) is 0. The van der Waals surface area contributed by atoms with Crippen LogP contribution in [0.15, 0.2) is 6.20 Å². The van der Waals surface area contributed by atoms with Gasteiger partial charge in [-0.15, -0.1) is 0 Å². The highest BCUT2D eigenvalue weighted by Gasteiger charge is 2.19. The molecule has 1 rings (SSSR count). The van der Waals surface area contributed by atoms with Crippen molar-refractivity contribution in [1.29, 1.82) is 0 Å². The van der Waals surface area contributed by atoms with Gasteiger partial charge in [0.25, 0.3) is 12.3 Å². The highest BCUT2D eigenvalue weighted by atomic mass is 35.5. The first-order valence-corrected chi connectivity index (χ1v) is 3.61. The Morgan fingerprint density at radius 1 is 1.54 bits per heavy atom. The van der Waals surface area contributed by atoms with Gasteiger partial charge in [-0.2, -0.15) is 4.39 Å². The predicted molar refractivity (Wildman–Crippen MR) is 40.7 cm³/mol. The summed E-state index contributed by atoms with van der Waals surface area (Å²) in [6.45, 7) is 0. The van der Waals surface area contributed by atoms with Gasteiger partial charge in [0.2, 0.25) is 5.82 Å². The zero-order valence-electron chi connectivity index (χ0n) is 6.52. The molecule has 13 heavy (non-hydrogen) atoms. The van der Waals surface area contributed by atoms with E-state index in [9.17, 15) is 13.2 Å². The van der Waals surface area contributed by atoms with Gasteiger partial charge in [0.05, 0.1) is 17.7 Å². The first-order valence-electron chi connectivity index (χ1n) is 3.24. The average Bonchev–Trinajstić information content (AvgIpc) is 2.09. The highest BCUT2D eigenvalue weighted by Crippen LogP contribution is 2.31. The van der Waals surface area contributed by atoms with Gasteiger partial charge < -0.3 is 4.74 Å². The molecule has 1 heterocycles. The van der Waals surface area contributed by atoms with Crippen molar-refractivity contribution in [3.63, 3.8) is 0 Å². The smallest absolute Gasteiger partial charge is 0.266 e. The van der Waals surface area contributed by atoms with Crippen molar-refractivity contribution in [2.24, 2.45) is 0 Å². The van der Waals surface area contributed by atoms with E-state index < -0.39 is 28.7 Å². The van der Waals surface area contributed by atoms with Gasteiger partial charge in [0.1, 0.15) is 0 Å². The van der Waals surface area contributed by atoms with Crippen LogP contribution in [0.25, 0.3) is 0 Å². The zero-order valence-corrected chi connectivity index (χ0v) is 7.28. The lowest BCUT2D eigenvalue weighted by molar-refractivity contribution is 0.150. The van der Waals surface area contributed by atoms with E-state index in [1.165, 1.54) is 7.11 Å². The molecular formula is C7H5ClF3NO. The van der Waals surface area contributed by atoms with Crippen LogP contribution in [0.4, 0.5) is 13.2 Å². The molecule has 0 amide bonds. The van der Waals surface area contributed by atoms with E-state index in [1.807, 2.05) is 0 Å². The summed E-state index contributed by atoms with van der Waals surface area (Å²) in [7, 11) is 1.17. The fraction of sp³-hybridized carbons (Fsp3) is 0.286. The topological polar surface area (TPSA) is 22.1 Å². The average molecular weight is 212 g/mol. The summed E-state index contributed by atoms with van der Waals surface area (Å²) < 4.78 is 41.6. The number of nitrogens with zero attached hydrogens (tertiary/aromatic N) is 1. The molecule has 0 saturated carbocycles. The van der Waals surface area contributed by atoms with Crippen molar-refractivity contribution >= 4 is 11.6 Å². The molecule has 0 bridgehead atoms. The third-order valence-electron chi connectivity index (χ3n) is 1.38. The van der Waals surface area contributed by atoms with E-state index in [2.05, 4.69) is 9.72 Å². The van der Waals surface area contributed by atoms with Crippen LogP contribution in [0.3, 0.4) is 0 Å². The van der Waals surface area contributed by atoms with Gasteiger partial charge in [-0.3, -0.25) is 0 Å². The van der Waals surface area contributed by atoms with Crippen LogP contribution in [0.1, 0.15) is 12.0 Å². The maximum absolute atomic E-state index is 13.0. The molecule has 0 aliphatic carbocycles. The van der Waals surface area contributed by atoms with E-state index >= 15 is 0 Å². The second-order valence-electron chi connectivity index (χ2n) is 2.15. The summed E-state index contributed by atoms with van der Waals surface area (Å²) in [5, 5.41) is -0.651. The summed E-state index contributed by atoms with van der Waals surface area (Å²) >= 11 is 5.30. The molecule has 0 aromatic carbocycles. The molecule has 2 nitrogen and oxygen atoms in total. The maximum Gasteiger partial charge on any atom is 0.266 e. The standard InChI is InChI=1S/C7H5ClF3NO/c1-13-7-5(9)4(8)3(2-12-7)6(10)11/h2,6H,1H3. The first-order chi connectivity index (χ1) is 6.07. The summed E-state index contributed by atoms with van der Waals surface area (Å²) in [4.78, 5) is 3.32. The van der Waals surface area contributed by atoms with Gasteiger partial charge in [-0.1, -0.05) is 11.6 Å². The fourth-order valence-corrected chi connectivity index (χ4v) is 0.969. The van der Waals surface area contributed by atoms with Gasteiger partial charge in [0, 0.05) is 6.20 Å². The maximum atomic E-state index is 13.0. The van der Waals surface area contributed by atoms with Gasteiger partial charge in [0.15, 0.2) is 0 Å². The van der Waals surface area contributed by atoms with Crippen LogP contribution in [-0.2, 0) is 0 Å². The van der Waals surface area contributed by atoms with Crippen LogP contribution in [0.2, 0.25) is 5.02 Å².